The second-order valence-corrected chi connectivity index (χ2v) is 9.54. The highest BCUT2D eigenvalue weighted by Gasteiger charge is 2.20. The summed E-state index contributed by atoms with van der Waals surface area (Å²) >= 11 is 5.86. The lowest BCUT2D eigenvalue weighted by atomic mass is 9.92. The first-order valence-electron chi connectivity index (χ1n) is 12.5. The Morgan fingerprint density at radius 3 is 2.58 bits per heavy atom. The molecule has 0 bridgehead atoms. The van der Waals surface area contributed by atoms with Crippen LogP contribution in [0.3, 0.4) is 0 Å². The average molecular weight is 521 g/mol. The van der Waals surface area contributed by atoms with Crippen LogP contribution < -0.4 is 15.0 Å². The van der Waals surface area contributed by atoms with Crippen molar-refractivity contribution in [2.75, 3.05) is 31.1 Å². The summed E-state index contributed by atoms with van der Waals surface area (Å²) in [7, 11) is 0. The highest BCUT2D eigenvalue weighted by Crippen LogP contribution is 2.25. The summed E-state index contributed by atoms with van der Waals surface area (Å²) in [5.74, 6) is 0.272. The molecule has 0 aliphatic carbocycles. The average Bonchev–Trinajstić information content (AvgIpc) is 2.86. The summed E-state index contributed by atoms with van der Waals surface area (Å²) in [6, 6.07) is 4.62. The number of nitrogens with one attached hydrogen (secondary N) is 1. The van der Waals surface area contributed by atoms with Gasteiger partial charge < -0.3 is 20.1 Å². The third-order valence-corrected chi connectivity index (χ3v) is 6.49. The van der Waals surface area contributed by atoms with Gasteiger partial charge in [0, 0.05) is 32.1 Å². The van der Waals surface area contributed by atoms with E-state index in [9.17, 15) is 14.0 Å². The van der Waals surface area contributed by atoms with Crippen molar-refractivity contribution in [3.8, 4) is 5.75 Å². The Morgan fingerprint density at radius 1 is 1.14 bits per heavy atom. The fourth-order valence-electron chi connectivity index (χ4n) is 4.25. The van der Waals surface area contributed by atoms with Crippen LogP contribution in [0.1, 0.15) is 56.9 Å². The van der Waals surface area contributed by atoms with Crippen molar-refractivity contribution < 1.29 is 23.8 Å². The Hall–Kier alpha value is -2.94. The summed E-state index contributed by atoms with van der Waals surface area (Å²) in [4.78, 5) is 33.3. The topological polar surface area (TPSA) is 105 Å². The predicted molar refractivity (Wildman–Crippen MR) is 136 cm³/mol. The number of amides is 1. The maximum Gasteiger partial charge on any atom is 0.303 e. The van der Waals surface area contributed by atoms with Crippen LogP contribution in [0, 0.1) is 11.7 Å². The molecule has 0 radical (unpaired) electrons. The number of nitrogens with zero attached hydrogens (tertiary/aromatic N) is 3. The molecular weight excluding hydrogens is 487 g/mol. The third kappa shape index (κ3) is 9.60. The van der Waals surface area contributed by atoms with E-state index in [4.69, 9.17) is 21.4 Å². The minimum Gasteiger partial charge on any atom is -0.493 e. The van der Waals surface area contributed by atoms with Gasteiger partial charge in [0.05, 0.1) is 30.4 Å². The van der Waals surface area contributed by atoms with Gasteiger partial charge in [-0.15, -0.1) is 0 Å². The molecule has 1 aromatic heterocycles. The Morgan fingerprint density at radius 2 is 1.89 bits per heavy atom. The van der Waals surface area contributed by atoms with E-state index in [2.05, 4.69) is 20.2 Å². The van der Waals surface area contributed by atoms with Gasteiger partial charge >= 0.3 is 5.97 Å². The van der Waals surface area contributed by atoms with E-state index in [-0.39, 0.29) is 18.7 Å². The van der Waals surface area contributed by atoms with E-state index in [1.807, 2.05) is 0 Å². The number of piperidine rings is 1. The van der Waals surface area contributed by atoms with E-state index in [0.29, 0.717) is 48.2 Å². The van der Waals surface area contributed by atoms with E-state index >= 15 is 0 Å². The van der Waals surface area contributed by atoms with Crippen molar-refractivity contribution in [1.29, 1.82) is 0 Å². The number of carbonyl (C=O) groups is 2. The zero-order chi connectivity index (χ0) is 25.8. The van der Waals surface area contributed by atoms with Crippen LogP contribution in [0.4, 0.5) is 10.3 Å². The smallest absolute Gasteiger partial charge is 0.303 e. The molecule has 36 heavy (non-hydrogen) atoms. The molecule has 1 aliphatic rings. The van der Waals surface area contributed by atoms with Gasteiger partial charge in [0.2, 0.25) is 11.9 Å². The molecule has 2 aromatic rings. The molecule has 2 N–H and O–H groups in total. The van der Waals surface area contributed by atoms with Crippen LogP contribution >= 0.6 is 11.6 Å². The monoisotopic (exact) mass is 520 g/mol. The number of unbranched alkanes of at least 4 members (excludes halogenated alkanes) is 2. The summed E-state index contributed by atoms with van der Waals surface area (Å²) in [6.07, 6.45) is 9.41. The predicted octanol–water partition coefficient (Wildman–Crippen LogP) is 4.65. The van der Waals surface area contributed by atoms with Crippen LogP contribution in [0.15, 0.2) is 30.6 Å². The molecule has 3 rings (SSSR count). The van der Waals surface area contributed by atoms with Crippen molar-refractivity contribution in [3.63, 3.8) is 0 Å². The zero-order valence-electron chi connectivity index (χ0n) is 20.4. The Kier molecular flexibility index (Phi) is 11.2. The number of halogens is 2. The molecule has 0 saturated carbocycles. The van der Waals surface area contributed by atoms with Crippen LogP contribution in [0.5, 0.6) is 5.75 Å². The fourth-order valence-corrected chi connectivity index (χ4v) is 4.35. The van der Waals surface area contributed by atoms with E-state index < -0.39 is 11.8 Å². The lowest BCUT2D eigenvalue weighted by Gasteiger charge is -2.31. The molecule has 2 heterocycles. The van der Waals surface area contributed by atoms with Crippen molar-refractivity contribution in [3.05, 3.63) is 47.0 Å². The van der Waals surface area contributed by atoms with Gasteiger partial charge in [-0.2, -0.15) is 0 Å². The number of aliphatic carboxylic acids is 1. The second kappa shape index (κ2) is 14.6. The maximum atomic E-state index is 14.4. The molecule has 196 valence electrons. The van der Waals surface area contributed by atoms with Crippen LogP contribution in [-0.2, 0) is 16.0 Å². The molecule has 1 fully saturated rings. The number of hydrogen-bond donors (Lipinski definition) is 2. The number of hydrogen-bond acceptors (Lipinski definition) is 6. The largest absolute Gasteiger partial charge is 0.493 e. The molecular formula is C26H34ClFN4O4. The van der Waals surface area contributed by atoms with Crippen molar-refractivity contribution in [2.24, 2.45) is 5.92 Å². The minimum absolute atomic E-state index is 0.0407. The number of aromatic nitrogens is 2. The molecule has 1 saturated heterocycles. The van der Waals surface area contributed by atoms with E-state index in [1.54, 1.807) is 24.5 Å². The number of carboxylic acid groups (broad SMARTS) is 1. The first-order chi connectivity index (χ1) is 17.4. The Balaban J connectivity index is 1.29. The van der Waals surface area contributed by atoms with Gasteiger partial charge in [-0.25, -0.2) is 14.4 Å². The molecule has 0 atom stereocenters. The number of rotatable bonds is 14. The molecule has 1 aromatic carbocycles. The molecule has 1 aliphatic heterocycles. The van der Waals surface area contributed by atoms with Crippen molar-refractivity contribution >= 4 is 29.4 Å². The molecule has 8 nitrogen and oxygen atoms in total. The van der Waals surface area contributed by atoms with Crippen LogP contribution in [0.2, 0.25) is 5.02 Å². The van der Waals surface area contributed by atoms with Gasteiger partial charge in [-0.3, -0.25) is 9.59 Å². The Labute approximate surface area is 216 Å². The molecule has 10 heteroatoms. The van der Waals surface area contributed by atoms with Crippen molar-refractivity contribution in [1.82, 2.24) is 15.3 Å². The summed E-state index contributed by atoms with van der Waals surface area (Å²) in [5.41, 5.74) is 0.321. The number of carboxylic acids is 1. The first-order valence-corrected chi connectivity index (χ1v) is 12.9. The third-order valence-electron chi connectivity index (χ3n) is 6.29. The minimum atomic E-state index is -0.815. The van der Waals surface area contributed by atoms with Crippen LogP contribution in [-0.4, -0.2) is 53.2 Å². The number of benzene rings is 1. The fraction of sp³-hybridized carbons (Fsp3) is 0.538. The van der Waals surface area contributed by atoms with Gasteiger partial charge in [0.1, 0.15) is 11.6 Å². The maximum absolute atomic E-state index is 14.4. The highest BCUT2D eigenvalue weighted by molar-refractivity contribution is 6.30. The Bertz CT molecular complexity index is 984. The van der Waals surface area contributed by atoms with Crippen LogP contribution in [0.25, 0.3) is 0 Å². The van der Waals surface area contributed by atoms with Gasteiger partial charge in [-0.05, 0) is 56.1 Å². The number of carbonyl (C=O) groups excluding carboxylic acids is 1. The van der Waals surface area contributed by atoms with E-state index in [0.717, 1.165) is 51.1 Å². The number of anilines is 1. The normalized spacial score (nSPS) is 14.0. The summed E-state index contributed by atoms with van der Waals surface area (Å²) in [6.45, 7) is 2.80. The molecule has 0 unspecified atom stereocenters. The van der Waals surface area contributed by atoms with E-state index in [1.165, 1.54) is 6.07 Å². The van der Waals surface area contributed by atoms with Crippen molar-refractivity contribution in [2.45, 2.75) is 57.8 Å². The summed E-state index contributed by atoms with van der Waals surface area (Å²) in [5, 5.41) is 11.9. The highest BCUT2D eigenvalue weighted by atomic mass is 35.5. The molecule has 0 spiro atoms. The first kappa shape index (κ1) is 27.6. The standard InChI is InChI=1S/C26H34ClFN4O4/c27-21-17-30-26(31-18-21)32-12-9-19(10-13-32)5-4-14-36-22-8-7-20(23(28)16-22)15-24(33)29-11-3-1-2-6-25(34)35/h7-8,16-19H,1-6,9-15H2,(H,29,33)(H,34,35). The summed E-state index contributed by atoms with van der Waals surface area (Å²) < 4.78 is 20.2. The zero-order valence-corrected chi connectivity index (χ0v) is 21.2. The lowest BCUT2D eigenvalue weighted by Crippen LogP contribution is -2.34. The van der Waals surface area contributed by atoms with Gasteiger partial charge in [0.15, 0.2) is 0 Å². The van der Waals surface area contributed by atoms with Gasteiger partial charge in [-0.1, -0.05) is 24.1 Å². The quantitative estimate of drug-likeness (QED) is 0.349. The lowest BCUT2D eigenvalue weighted by molar-refractivity contribution is -0.137. The SMILES string of the molecule is O=C(O)CCCCCNC(=O)Cc1ccc(OCCCC2CCN(c3ncc(Cl)cn3)CC2)cc1F. The number of ether oxygens (including phenoxy) is 1. The molecule has 1 amide bonds. The van der Waals surface area contributed by atoms with Gasteiger partial charge in [0.25, 0.3) is 0 Å². The second-order valence-electron chi connectivity index (χ2n) is 9.11.